The number of thiazole rings is 1. The minimum atomic E-state index is -0.862. The molecule has 1 rings (SSSR count). The van der Waals surface area contributed by atoms with Gasteiger partial charge in [-0.25, -0.2) is 4.98 Å². The molecule has 0 aliphatic heterocycles. The van der Waals surface area contributed by atoms with E-state index in [1.165, 1.54) is 0 Å². The van der Waals surface area contributed by atoms with Gasteiger partial charge in [-0.3, -0.25) is 9.69 Å². The van der Waals surface area contributed by atoms with E-state index < -0.39 is 5.97 Å². The number of hydrogen-bond donors (Lipinski definition) is 1. The Morgan fingerprint density at radius 1 is 1.43 bits per heavy atom. The third-order valence-corrected chi connectivity index (χ3v) is 3.95. The van der Waals surface area contributed by atoms with Crippen LogP contribution in [0.25, 0.3) is 0 Å². The SMILES string of the molecule is C=CCN(CC=C)Cc1sc(CCOC)nc1CC(=O)O. The summed E-state index contributed by atoms with van der Waals surface area (Å²) in [6.45, 7) is 10.2. The average molecular weight is 310 g/mol. The summed E-state index contributed by atoms with van der Waals surface area (Å²) in [5, 5.41) is 9.93. The highest BCUT2D eigenvalue weighted by Crippen LogP contribution is 2.22. The van der Waals surface area contributed by atoms with E-state index in [1.54, 1.807) is 18.4 Å². The Bertz CT molecular complexity index is 475. The summed E-state index contributed by atoms with van der Waals surface area (Å²) in [6.07, 6.45) is 4.31. The van der Waals surface area contributed by atoms with E-state index in [4.69, 9.17) is 9.84 Å². The van der Waals surface area contributed by atoms with Gasteiger partial charge in [-0.15, -0.1) is 24.5 Å². The van der Waals surface area contributed by atoms with Gasteiger partial charge >= 0.3 is 5.97 Å². The third kappa shape index (κ3) is 6.20. The lowest BCUT2D eigenvalue weighted by Crippen LogP contribution is -2.23. The van der Waals surface area contributed by atoms with E-state index in [2.05, 4.69) is 23.0 Å². The van der Waals surface area contributed by atoms with Gasteiger partial charge in [0.05, 0.1) is 23.7 Å². The molecule has 0 amide bonds. The minimum Gasteiger partial charge on any atom is -0.481 e. The normalized spacial score (nSPS) is 10.8. The Balaban J connectivity index is 2.89. The molecule has 0 aliphatic carbocycles. The van der Waals surface area contributed by atoms with Gasteiger partial charge in [-0.1, -0.05) is 12.2 Å². The van der Waals surface area contributed by atoms with E-state index >= 15 is 0 Å². The second kappa shape index (κ2) is 9.44. The summed E-state index contributed by atoms with van der Waals surface area (Å²) in [4.78, 5) is 18.5. The van der Waals surface area contributed by atoms with Gasteiger partial charge in [0.1, 0.15) is 0 Å². The van der Waals surface area contributed by atoms with Crippen LogP contribution in [0.1, 0.15) is 15.6 Å². The molecule has 1 N–H and O–H groups in total. The fourth-order valence-electron chi connectivity index (χ4n) is 1.91. The van der Waals surface area contributed by atoms with Crippen molar-refractivity contribution in [2.45, 2.75) is 19.4 Å². The van der Waals surface area contributed by atoms with Crippen LogP contribution >= 0.6 is 11.3 Å². The third-order valence-electron chi connectivity index (χ3n) is 2.80. The van der Waals surface area contributed by atoms with Crippen molar-refractivity contribution < 1.29 is 14.6 Å². The zero-order chi connectivity index (χ0) is 15.7. The first-order valence-electron chi connectivity index (χ1n) is 6.73. The summed E-state index contributed by atoms with van der Waals surface area (Å²) < 4.78 is 5.05. The fourth-order valence-corrected chi connectivity index (χ4v) is 3.02. The first-order valence-corrected chi connectivity index (χ1v) is 7.54. The Labute approximate surface area is 129 Å². The summed E-state index contributed by atoms with van der Waals surface area (Å²) in [6, 6.07) is 0. The van der Waals surface area contributed by atoms with Crippen molar-refractivity contribution >= 4 is 17.3 Å². The maximum Gasteiger partial charge on any atom is 0.309 e. The molecular formula is C15H22N2O3S. The highest BCUT2D eigenvalue weighted by atomic mass is 32.1. The topological polar surface area (TPSA) is 62.7 Å². The van der Waals surface area contributed by atoms with E-state index in [1.807, 2.05) is 12.2 Å². The maximum atomic E-state index is 11.0. The number of aromatic nitrogens is 1. The van der Waals surface area contributed by atoms with Crippen molar-refractivity contribution in [3.63, 3.8) is 0 Å². The number of carbonyl (C=O) groups is 1. The number of nitrogens with zero attached hydrogens (tertiary/aromatic N) is 2. The zero-order valence-electron chi connectivity index (χ0n) is 12.4. The first-order chi connectivity index (χ1) is 10.1. The number of methoxy groups -OCH3 is 1. The minimum absolute atomic E-state index is 0.0468. The molecule has 0 saturated carbocycles. The van der Waals surface area contributed by atoms with Crippen LogP contribution in [0.15, 0.2) is 25.3 Å². The summed E-state index contributed by atoms with van der Waals surface area (Å²) in [7, 11) is 1.64. The van der Waals surface area contributed by atoms with Crippen LogP contribution in [0.5, 0.6) is 0 Å². The molecule has 0 fully saturated rings. The molecule has 0 aliphatic rings. The van der Waals surface area contributed by atoms with E-state index in [-0.39, 0.29) is 6.42 Å². The molecule has 1 aromatic rings. The van der Waals surface area contributed by atoms with Crippen LogP contribution in [-0.2, 0) is 28.9 Å². The lowest BCUT2D eigenvalue weighted by Gasteiger charge is -2.17. The van der Waals surface area contributed by atoms with Crippen molar-refractivity contribution in [3.8, 4) is 0 Å². The van der Waals surface area contributed by atoms with Crippen LogP contribution in [0.2, 0.25) is 0 Å². The van der Waals surface area contributed by atoms with Gasteiger partial charge in [0, 0.05) is 38.0 Å². The lowest BCUT2D eigenvalue weighted by molar-refractivity contribution is -0.136. The predicted octanol–water partition coefficient (Wildman–Crippen LogP) is 2.13. The molecule has 5 nitrogen and oxygen atoms in total. The van der Waals surface area contributed by atoms with Crippen molar-refractivity contribution in [2.24, 2.45) is 0 Å². The molecule has 0 unspecified atom stereocenters. The molecule has 0 saturated heterocycles. The molecule has 21 heavy (non-hydrogen) atoms. The fraction of sp³-hybridized carbons (Fsp3) is 0.467. The number of ether oxygens (including phenoxy) is 1. The smallest absolute Gasteiger partial charge is 0.309 e. The molecule has 0 radical (unpaired) electrons. The standard InChI is InChI=1S/C15H22N2O3S/c1-4-7-17(8-5-2)11-13-12(10-15(18)19)16-14(21-13)6-9-20-3/h4-5H,1-2,6-11H2,3H3,(H,18,19). The Hall–Kier alpha value is -1.50. The van der Waals surface area contributed by atoms with Gasteiger partial charge in [0.15, 0.2) is 0 Å². The quantitative estimate of drug-likeness (QED) is 0.634. The number of carboxylic acids is 1. The zero-order valence-corrected chi connectivity index (χ0v) is 13.2. The number of carboxylic acid groups (broad SMARTS) is 1. The maximum absolute atomic E-state index is 11.0. The van der Waals surface area contributed by atoms with Crippen LogP contribution in [0, 0.1) is 0 Å². The van der Waals surface area contributed by atoms with E-state index in [9.17, 15) is 4.79 Å². The Morgan fingerprint density at radius 3 is 2.62 bits per heavy atom. The predicted molar refractivity (Wildman–Crippen MR) is 84.7 cm³/mol. The monoisotopic (exact) mass is 310 g/mol. The second-order valence-corrected chi connectivity index (χ2v) is 5.73. The highest BCUT2D eigenvalue weighted by Gasteiger charge is 2.16. The van der Waals surface area contributed by atoms with Crippen molar-refractivity contribution in [1.82, 2.24) is 9.88 Å². The number of rotatable bonds is 11. The van der Waals surface area contributed by atoms with Gasteiger partial charge < -0.3 is 9.84 Å². The van der Waals surface area contributed by atoms with E-state index in [0.29, 0.717) is 25.3 Å². The molecule has 6 heteroatoms. The van der Waals surface area contributed by atoms with Crippen molar-refractivity contribution in [1.29, 1.82) is 0 Å². The van der Waals surface area contributed by atoms with Crippen LogP contribution < -0.4 is 0 Å². The van der Waals surface area contributed by atoms with Crippen LogP contribution in [0.4, 0.5) is 0 Å². The number of hydrogen-bond acceptors (Lipinski definition) is 5. The lowest BCUT2D eigenvalue weighted by atomic mass is 10.2. The Kier molecular flexibility index (Phi) is 7.89. The highest BCUT2D eigenvalue weighted by molar-refractivity contribution is 7.11. The summed E-state index contributed by atoms with van der Waals surface area (Å²) >= 11 is 1.56. The molecule has 1 heterocycles. The molecule has 0 aromatic carbocycles. The molecule has 0 atom stereocenters. The second-order valence-electron chi connectivity index (χ2n) is 4.56. The van der Waals surface area contributed by atoms with Crippen molar-refractivity contribution in [3.05, 3.63) is 40.9 Å². The molecule has 0 spiro atoms. The number of aliphatic carboxylic acids is 1. The molecular weight excluding hydrogens is 288 g/mol. The van der Waals surface area contributed by atoms with Gasteiger partial charge in [0.25, 0.3) is 0 Å². The Morgan fingerprint density at radius 2 is 2.10 bits per heavy atom. The summed E-state index contributed by atoms with van der Waals surface area (Å²) in [5.74, 6) is -0.862. The summed E-state index contributed by atoms with van der Waals surface area (Å²) in [5.41, 5.74) is 0.650. The van der Waals surface area contributed by atoms with Crippen molar-refractivity contribution in [2.75, 3.05) is 26.8 Å². The molecule has 1 aromatic heterocycles. The van der Waals surface area contributed by atoms with Gasteiger partial charge in [-0.05, 0) is 0 Å². The van der Waals surface area contributed by atoms with Crippen LogP contribution in [-0.4, -0.2) is 47.8 Å². The van der Waals surface area contributed by atoms with Gasteiger partial charge in [0.2, 0.25) is 0 Å². The van der Waals surface area contributed by atoms with E-state index in [0.717, 1.165) is 23.0 Å². The average Bonchev–Trinajstić information content (AvgIpc) is 2.78. The largest absolute Gasteiger partial charge is 0.481 e. The van der Waals surface area contributed by atoms with Crippen LogP contribution in [0.3, 0.4) is 0 Å². The molecule has 116 valence electrons. The molecule has 0 bridgehead atoms. The van der Waals surface area contributed by atoms with Gasteiger partial charge in [-0.2, -0.15) is 0 Å². The first kappa shape index (κ1) is 17.6.